The van der Waals surface area contributed by atoms with Gasteiger partial charge in [-0.3, -0.25) is 0 Å². The van der Waals surface area contributed by atoms with Crippen molar-refractivity contribution < 1.29 is 8.78 Å². The fraction of sp³-hybridized carbons (Fsp3) is 0.136. The summed E-state index contributed by atoms with van der Waals surface area (Å²) in [5, 5.41) is 0. The normalized spacial score (nSPS) is 12.4. The van der Waals surface area contributed by atoms with Crippen LogP contribution in [0.2, 0.25) is 0 Å². The van der Waals surface area contributed by atoms with Gasteiger partial charge >= 0.3 is 0 Å². The summed E-state index contributed by atoms with van der Waals surface area (Å²) in [4.78, 5) is 9.66. The molecular weight excluding hydrogens is 344 g/mol. The molecule has 4 rings (SSSR count). The predicted molar refractivity (Wildman–Crippen MR) is 102 cm³/mol. The minimum Gasteiger partial charge on any atom is -0.352 e. The summed E-state index contributed by atoms with van der Waals surface area (Å²) in [7, 11) is 0. The number of H-pyrrole nitrogens is 1. The molecule has 27 heavy (non-hydrogen) atoms. The van der Waals surface area contributed by atoms with Crippen LogP contribution in [0.5, 0.6) is 0 Å². The first-order valence-electron chi connectivity index (χ1n) is 8.64. The molecule has 3 aromatic rings. The Kier molecular flexibility index (Phi) is 4.71. The Bertz CT molecular complexity index is 1040. The van der Waals surface area contributed by atoms with Crippen molar-refractivity contribution >= 4 is 12.0 Å². The van der Waals surface area contributed by atoms with E-state index in [0.29, 0.717) is 25.1 Å². The molecule has 0 aliphatic carbocycles. The van der Waals surface area contributed by atoms with Gasteiger partial charge < -0.3 is 9.88 Å². The Labute approximate surface area is 156 Å². The van der Waals surface area contributed by atoms with Crippen LogP contribution in [-0.4, -0.2) is 16.2 Å². The molecule has 1 N–H and O–H groups in total. The molecule has 2 aromatic carbocycles. The monoisotopic (exact) mass is 361 g/mol. The van der Waals surface area contributed by atoms with Crippen molar-refractivity contribution in [2.45, 2.75) is 19.5 Å². The number of rotatable bonds is 3. The van der Waals surface area contributed by atoms with Crippen LogP contribution < -0.4 is 0 Å². The van der Waals surface area contributed by atoms with Crippen LogP contribution in [0.3, 0.4) is 0 Å². The van der Waals surface area contributed by atoms with E-state index >= 15 is 0 Å². The predicted octanol–water partition coefficient (Wildman–Crippen LogP) is 4.56. The number of hydrogen-bond acceptors (Lipinski definition) is 2. The van der Waals surface area contributed by atoms with E-state index in [0.717, 1.165) is 23.1 Å². The minimum absolute atomic E-state index is 0.453. The standard InChI is InChI=1S/C22H17F2N3/c23-19-10-9-17(11-20(19)24)13-27-14-22-21(25-15-27)12-18(26-22)8-4-7-16-5-2-1-3-6-16/h1-3,5-6,9-12,15,26H,7,13-14H2. The number of halogens is 2. The summed E-state index contributed by atoms with van der Waals surface area (Å²) in [5.41, 5.74) is 4.52. The molecule has 2 heterocycles. The van der Waals surface area contributed by atoms with E-state index in [1.165, 1.54) is 11.6 Å². The van der Waals surface area contributed by atoms with Gasteiger partial charge in [0.15, 0.2) is 11.6 Å². The lowest BCUT2D eigenvalue weighted by molar-refractivity contribution is 0.407. The van der Waals surface area contributed by atoms with Crippen LogP contribution >= 0.6 is 0 Å². The Morgan fingerprint density at radius 1 is 1.00 bits per heavy atom. The molecule has 1 aliphatic rings. The maximum atomic E-state index is 13.4. The molecule has 0 saturated carbocycles. The van der Waals surface area contributed by atoms with Crippen LogP contribution in [0.4, 0.5) is 14.5 Å². The summed E-state index contributed by atoms with van der Waals surface area (Å²) in [6.07, 6.45) is 2.41. The molecule has 0 atom stereocenters. The highest BCUT2D eigenvalue weighted by molar-refractivity contribution is 5.67. The van der Waals surface area contributed by atoms with Crippen molar-refractivity contribution in [3.8, 4) is 11.8 Å². The molecule has 0 bridgehead atoms. The van der Waals surface area contributed by atoms with Crippen LogP contribution in [0.1, 0.15) is 22.5 Å². The summed E-state index contributed by atoms with van der Waals surface area (Å²) in [6.45, 7) is 1.06. The first-order chi connectivity index (χ1) is 13.2. The second-order valence-corrected chi connectivity index (χ2v) is 6.41. The Morgan fingerprint density at radius 2 is 1.85 bits per heavy atom. The minimum atomic E-state index is -0.837. The maximum Gasteiger partial charge on any atom is 0.159 e. The lowest BCUT2D eigenvalue weighted by atomic mass is 10.1. The smallest absolute Gasteiger partial charge is 0.159 e. The van der Waals surface area contributed by atoms with Crippen molar-refractivity contribution in [1.29, 1.82) is 0 Å². The number of aliphatic imine (C=N–C) groups is 1. The van der Waals surface area contributed by atoms with Gasteiger partial charge in [-0.05, 0) is 35.2 Å². The highest BCUT2D eigenvalue weighted by Gasteiger charge is 2.15. The molecule has 0 radical (unpaired) electrons. The number of aromatic nitrogens is 1. The first-order valence-corrected chi connectivity index (χ1v) is 8.64. The maximum absolute atomic E-state index is 13.4. The van der Waals surface area contributed by atoms with E-state index in [-0.39, 0.29) is 0 Å². The highest BCUT2D eigenvalue weighted by atomic mass is 19.2. The van der Waals surface area contributed by atoms with Crippen LogP contribution in [0.25, 0.3) is 0 Å². The SMILES string of the molecule is Fc1ccc(CN2C=Nc3cc(C#CCc4ccccc4)[nH]c3C2)cc1F. The molecule has 0 unspecified atom stereocenters. The third-order valence-electron chi connectivity index (χ3n) is 4.33. The van der Waals surface area contributed by atoms with Gasteiger partial charge in [0.05, 0.1) is 30.0 Å². The summed E-state index contributed by atoms with van der Waals surface area (Å²) in [5.74, 6) is 4.63. The molecule has 0 amide bonds. The Balaban J connectivity index is 1.42. The fourth-order valence-corrected chi connectivity index (χ4v) is 2.98. The highest BCUT2D eigenvalue weighted by Crippen LogP contribution is 2.25. The average Bonchev–Trinajstić information content (AvgIpc) is 3.08. The molecule has 3 nitrogen and oxygen atoms in total. The molecule has 0 spiro atoms. The van der Waals surface area contributed by atoms with Gasteiger partial charge in [-0.25, -0.2) is 13.8 Å². The van der Waals surface area contributed by atoms with Crippen molar-refractivity contribution in [3.63, 3.8) is 0 Å². The van der Waals surface area contributed by atoms with Gasteiger partial charge in [0.2, 0.25) is 0 Å². The molecule has 5 heteroatoms. The van der Waals surface area contributed by atoms with Gasteiger partial charge in [-0.2, -0.15) is 0 Å². The van der Waals surface area contributed by atoms with Gasteiger partial charge in [-0.15, -0.1) is 0 Å². The van der Waals surface area contributed by atoms with Crippen molar-refractivity contribution in [3.05, 3.63) is 88.7 Å². The van der Waals surface area contributed by atoms with E-state index in [1.54, 1.807) is 12.4 Å². The third kappa shape index (κ3) is 4.06. The van der Waals surface area contributed by atoms with Crippen LogP contribution in [-0.2, 0) is 19.5 Å². The molecule has 1 aromatic heterocycles. The molecule has 134 valence electrons. The Hall–Kier alpha value is -3.39. The van der Waals surface area contributed by atoms with Crippen LogP contribution in [0.15, 0.2) is 59.6 Å². The van der Waals surface area contributed by atoms with Crippen LogP contribution in [0, 0.1) is 23.5 Å². The topological polar surface area (TPSA) is 31.4 Å². The first kappa shape index (κ1) is 17.0. The zero-order valence-corrected chi connectivity index (χ0v) is 14.5. The second-order valence-electron chi connectivity index (χ2n) is 6.41. The lowest BCUT2D eigenvalue weighted by Crippen LogP contribution is -2.23. The van der Waals surface area contributed by atoms with Crippen molar-refractivity contribution in [2.24, 2.45) is 4.99 Å². The van der Waals surface area contributed by atoms with E-state index < -0.39 is 11.6 Å². The largest absolute Gasteiger partial charge is 0.352 e. The summed E-state index contributed by atoms with van der Waals surface area (Å²) in [6, 6.07) is 16.0. The zero-order valence-electron chi connectivity index (χ0n) is 14.5. The summed E-state index contributed by atoms with van der Waals surface area (Å²) >= 11 is 0. The van der Waals surface area contributed by atoms with Crippen molar-refractivity contribution in [1.82, 2.24) is 9.88 Å². The molecular formula is C22H17F2N3. The number of fused-ring (bicyclic) bond motifs is 1. The van der Waals surface area contributed by atoms with Gasteiger partial charge in [0.1, 0.15) is 0 Å². The number of aromatic amines is 1. The fourth-order valence-electron chi connectivity index (χ4n) is 2.98. The number of nitrogens with zero attached hydrogens (tertiary/aromatic N) is 2. The van der Waals surface area contributed by atoms with E-state index in [9.17, 15) is 8.78 Å². The number of nitrogens with one attached hydrogen (secondary N) is 1. The van der Waals surface area contributed by atoms with Gasteiger partial charge in [0.25, 0.3) is 0 Å². The van der Waals surface area contributed by atoms with E-state index in [1.807, 2.05) is 29.2 Å². The molecule has 0 fully saturated rings. The summed E-state index contributed by atoms with van der Waals surface area (Å²) < 4.78 is 26.4. The average molecular weight is 361 g/mol. The second kappa shape index (κ2) is 7.46. The lowest BCUT2D eigenvalue weighted by Gasteiger charge is -2.22. The van der Waals surface area contributed by atoms with E-state index in [2.05, 4.69) is 33.9 Å². The van der Waals surface area contributed by atoms with E-state index in [4.69, 9.17) is 0 Å². The zero-order chi connectivity index (χ0) is 18.6. The molecule has 1 aliphatic heterocycles. The third-order valence-corrected chi connectivity index (χ3v) is 4.33. The quantitative estimate of drug-likeness (QED) is 0.681. The Morgan fingerprint density at radius 3 is 2.67 bits per heavy atom. The van der Waals surface area contributed by atoms with Gasteiger partial charge in [0, 0.05) is 13.0 Å². The number of benzene rings is 2. The molecule has 0 saturated heterocycles. The van der Waals surface area contributed by atoms with Gasteiger partial charge in [-0.1, -0.05) is 42.3 Å². The number of hydrogen-bond donors (Lipinski definition) is 1. The van der Waals surface area contributed by atoms with Crippen molar-refractivity contribution in [2.75, 3.05) is 0 Å².